The third-order valence-corrected chi connectivity index (χ3v) is 7.03. The number of para-hydroxylation sites is 2. The van der Waals surface area contributed by atoms with Gasteiger partial charge in [0.1, 0.15) is 6.33 Å². The first-order valence-corrected chi connectivity index (χ1v) is 9.64. The average molecular weight is 361 g/mol. The lowest BCUT2D eigenvalue weighted by Crippen LogP contribution is -2.40. The molecule has 7 rings (SSSR count). The molecule has 27 heavy (non-hydrogen) atoms. The summed E-state index contributed by atoms with van der Waals surface area (Å²) in [5, 5.41) is 0. The normalized spacial score (nSPS) is 35.6. The number of allylic oxidation sites excluding steroid dienone is 2. The maximum atomic E-state index is 13.0. The van der Waals surface area contributed by atoms with E-state index in [4.69, 9.17) is 0 Å². The zero-order valence-corrected chi connectivity index (χ0v) is 14.7. The summed E-state index contributed by atoms with van der Waals surface area (Å²) < 4.78 is 1.51. The van der Waals surface area contributed by atoms with E-state index in [0.717, 1.165) is 17.5 Å². The monoisotopic (exact) mass is 361 g/mol. The second-order valence-electron chi connectivity index (χ2n) is 8.23. The summed E-state index contributed by atoms with van der Waals surface area (Å²) in [6.45, 7) is 0.158. The predicted octanol–water partition coefficient (Wildman–Crippen LogP) is 2.12. The standard InChI is InChI=1S/C21H19N3O3/c25-17(24-10-22-15-3-1-2-4-16(15)24)7-8-23-20(26)18-11-5-6-12(14-9-13(11)14)19(18)21(23)27/h1-6,10-14,18-19H,7-9H2/t11-,12+,13?,14?,18-,19+. The van der Waals surface area contributed by atoms with Gasteiger partial charge in [-0.1, -0.05) is 24.3 Å². The summed E-state index contributed by atoms with van der Waals surface area (Å²) in [7, 11) is 0. The number of amides is 2. The molecule has 2 aromatic rings. The Hall–Kier alpha value is -2.76. The molecule has 1 saturated heterocycles. The van der Waals surface area contributed by atoms with Crippen molar-refractivity contribution >= 4 is 28.8 Å². The van der Waals surface area contributed by atoms with Crippen molar-refractivity contribution in [3.63, 3.8) is 0 Å². The van der Waals surface area contributed by atoms with Gasteiger partial charge in [-0.05, 0) is 42.2 Å². The van der Waals surface area contributed by atoms with Gasteiger partial charge in [0, 0.05) is 13.0 Å². The van der Waals surface area contributed by atoms with E-state index in [0.29, 0.717) is 11.8 Å². The molecule has 3 fully saturated rings. The number of rotatable bonds is 3. The number of imidazole rings is 1. The molecular formula is C21H19N3O3. The lowest BCUT2D eigenvalue weighted by atomic mass is 9.63. The zero-order chi connectivity index (χ0) is 18.3. The van der Waals surface area contributed by atoms with Crippen LogP contribution in [0.3, 0.4) is 0 Å². The molecule has 0 radical (unpaired) electrons. The summed E-state index contributed by atoms with van der Waals surface area (Å²) in [5.41, 5.74) is 1.50. The van der Waals surface area contributed by atoms with Crippen molar-refractivity contribution in [2.75, 3.05) is 6.54 Å². The van der Waals surface area contributed by atoms with Crippen molar-refractivity contribution in [2.45, 2.75) is 12.8 Å². The van der Waals surface area contributed by atoms with Crippen LogP contribution in [-0.4, -0.2) is 38.7 Å². The van der Waals surface area contributed by atoms with Crippen LogP contribution in [0.5, 0.6) is 0 Å². The predicted molar refractivity (Wildman–Crippen MR) is 96.4 cm³/mol. The fraction of sp³-hybridized carbons (Fsp3) is 0.429. The van der Waals surface area contributed by atoms with Gasteiger partial charge >= 0.3 is 0 Å². The first-order valence-electron chi connectivity index (χ1n) is 9.64. The van der Waals surface area contributed by atoms with E-state index in [1.165, 1.54) is 15.8 Å². The summed E-state index contributed by atoms with van der Waals surface area (Å²) in [6.07, 6.45) is 7.11. The van der Waals surface area contributed by atoms with Gasteiger partial charge in [0.2, 0.25) is 17.7 Å². The number of likely N-dealkylation sites (tertiary alicyclic amines) is 1. The van der Waals surface area contributed by atoms with Gasteiger partial charge in [-0.3, -0.25) is 23.9 Å². The van der Waals surface area contributed by atoms with Crippen LogP contribution in [0.1, 0.15) is 17.6 Å². The molecule has 5 aliphatic rings. The molecule has 2 unspecified atom stereocenters. The van der Waals surface area contributed by atoms with Gasteiger partial charge in [0.15, 0.2) is 0 Å². The molecule has 6 heteroatoms. The van der Waals surface area contributed by atoms with E-state index in [-0.39, 0.29) is 54.4 Å². The molecule has 0 N–H and O–H groups in total. The van der Waals surface area contributed by atoms with Crippen LogP contribution in [0.15, 0.2) is 42.7 Å². The number of benzene rings is 1. The zero-order valence-electron chi connectivity index (χ0n) is 14.7. The fourth-order valence-electron chi connectivity index (χ4n) is 5.72. The minimum Gasteiger partial charge on any atom is -0.282 e. The number of carbonyl (C=O) groups is 3. The molecule has 2 heterocycles. The number of aromatic nitrogens is 2. The Balaban J connectivity index is 1.22. The molecule has 0 spiro atoms. The highest BCUT2D eigenvalue weighted by atomic mass is 16.2. The number of carbonyl (C=O) groups excluding carboxylic acids is 3. The van der Waals surface area contributed by atoms with Gasteiger partial charge in [-0.25, -0.2) is 4.98 Å². The van der Waals surface area contributed by atoms with E-state index in [1.807, 2.05) is 24.3 Å². The Morgan fingerprint density at radius 3 is 2.41 bits per heavy atom. The van der Waals surface area contributed by atoms with Crippen molar-refractivity contribution in [1.82, 2.24) is 14.5 Å². The smallest absolute Gasteiger partial charge is 0.234 e. The SMILES string of the molecule is O=C1[C@@H]2[C@H](C(=O)N1CCC(=O)n1cnc3ccccc31)[C@@H]1C=C[C@H]2C2CC21. The van der Waals surface area contributed by atoms with E-state index in [1.54, 1.807) is 0 Å². The molecular weight excluding hydrogens is 342 g/mol. The number of imide groups is 1. The largest absolute Gasteiger partial charge is 0.282 e. The van der Waals surface area contributed by atoms with Crippen LogP contribution in [0.25, 0.3) is 11.0 Å². The lowest BCUT2D eigenvalue weighted by Gasteiger charge is -2.37. The number of nitrogens with zero attached hydrogens (tertiary/aromatic N) is 3. The molecule has 136 valence electrons. The maximum Gasteiger partial charge on any atom is 0.234 e. The maximum absolute atomic E-state index is 13.0. The van der Waals surface area contributed by atoms with Gasteiger partial charge < -0.3 is 0 Å². The summed E-state index contributed by atoms with van der Waals surface area (Å²) in [6, 6.07) is 7.43. The number of hydrogen-bond acceptors (Lipinski definition) is 4. The second kappa shape index (κ2) is 5.15. The minimum atomic E-state index is -0.194. The van der Waals surface area contributed by atoms with Crippen LogP contribution >= 0.6 is 0 Å². The van der Waals surface area contributed by atoms with Crippen molar-refractivity contribution in [1.29, 1.82) is 0 Å². The van der Waals surface area contributed by atoms with Gasteiger partial charge in [-0.15, -0.1) is 0 Å². The Bertz CT molecular complexity index is 1000. The minimum absolute atomic E-state index is 0.0713. The number of fused-ring (bicyclic) bond motifs is 1. The summed E-state index contributed by atoms with van der Waals surface area (Å²) >= 11 is 0. The average Bonchev–Trinajstić information content (AvgIpc) is 3.35. The molecule has 2 amide bonds. The molecule has 4 aliphatic carbocycles. The number of hydrogen-bond donors (Lipinski definition) is 0. The molecule has 1 aromatic carbocycles. The third kappa shape index (κ3) is 1.95. The van der Waals surface area contributed by atoms with Crippen LogP contribution < -0.4 is 0 Å². The highest BCUT2D eigenvalue weighted by Gasteiger charge is 2.66. The van der Waals surface area contributed by atoms with Gasteiger partial charge in [0.25, 0.3) is 0 Å². The lowest BCUT2D eigenvalue weighted by molar-refractivity contribution is -0.140. The van der Waals surface area contributed by atoms with Crippen molar-refractivity contribution in [2.24, 2.45) is 35.5 Å². The van der Waals surface area contributed by atoms with Gasteiger partial charge in [-0.2, -0.15) is 0 Å². The highest BCUT2D eigenvalue weighted by Crippen LogP contribution is 2.65. The highest BCUT2D eigenvalue weighted by molar-refractivity contribution is 6.06. The molecule has 1 aliphatic heterocycles. The molecule has 2 bridgehead atoms. The van der Waals surface area contributed by atoms with Crippen LogP contribution in [0.4, 0.5) is 0 Å². The van der Waals surface area contributed by atoms with Crippen LogP contribution in [0, 0.1) is 35.5 Å². The Morgan fingerprint density at radius 1 is 1.04 bits per heavy atom. The Morgan fingerprint density at radius 2 is 1.70 bits per heavy atom. The van der Waals surface area contributed by atoms with Gasteiger partial charge in [0.05, 0.1) is 22.9 Å². The second-order valence-corrected chi connectivity index (χ2v) is 8.23. The summed E-state index contributed by atoms with van der Waals surface area (Å²) in [4.78, 5) is 44.2. The van der Waals surface area contributed by atoms with E-state index >= 15 is 0 Å². The molecule has 6 nitrogen and oxygen atoms in total. The van der Waals surface area contributed by atoms with E-state index < -0.39 is 0 Å². The van der Waals surface area contributed by atoms with Crippen molar-refractivity contribution in [3.05, 3.63) is 42.7 Å². The summed E-state index contributed by atoms with van der Waals surface area (Å²) in [5.74, 6) is 0.952. The Kier molecular flexibility index (Phi) is 2.92. The molecule has 2 saturated carbocycles. The quantitative estimate of drug-likeness (QED) is 0.620. The first-order chi connectivity index (χ1) is 13.1. The van der Waals surface area contributed by atoms with Crippen LogP contribution in [-0.2, 0) is 9.59 Å². The first kappa shape index (κ1) is 15.3. The topological polar surface area (TPSA) is 72.3 Å². The van der Waals surface area contributed by atoms with Crippen molar-refractivity contribution in [3.8, 4) is 0 Å². The van der Waals surface area contributed by atoms with E-state index in [9.17, 15) is 14.4 Å². The third-order valence-electron chi connectivity index (χ3n) is 7.03. The van der Waals surface area contributed by atoms with E-state index in [2.05, 4.69) is 17.1 Å². The van der Waals surface area contributed by atoms with Crippen LogP contribution in [0.2, 0.25) is 0 Å². The van der Waals surface area contributed by atoms with Crippen molar-refractivity contribution < 1.29 is 14.4 Å². The Labute approximate surface area is 155 Å². The fourth-order valence-corrected chi connectivity index (χ4v) is 5.72. The molecule has 6 atom stereocenters. The molecule has 1 aromatic heterocycles.